The van der Waals surface area contributed by atoms with E-state index >= 15 is 0 Å². The molecule has 4 heteroatoms. The molecule has 0 saturated carbocycles. The molecule has 0 aromatic heterocycles. The van der Waals surface area contributed by atoms with Crippen LogP contribution in [0.2, 0.25) is 0 Å². The Morgan fingerprint density at radius 2 is 2.06 bits per heavy atom. The van der Waals surface area contributed by atoms with Crippen LogP contribution in [0, 0.1) is 5.92 Å². The Hall–Kier alpha value is -0.610. The van der Waals surface area contributed by atoms with Crippen molar-refractivity contribution in [3.63, 3.8) is 0 Å². The van der Waals surface area contributed by atoms with Crippen LogP contribution >= 0.6 is 0 Å². The van der Waals surface area contributed by atoms with Gasteiger partial charge in [-0.05, 0) is 52.2 Å². The maximum Gasteiger partial charge on any atom is 0.307 e. The second kappa shape index (κ2) is 8.48. The van der Waals surface area contributed by atoms with E-state index in [0.29, 0.717) is 19.1 Å². The van der Waals surface area contributed by atoms with E-state index in [2.05, 4.69) is 24.1 Å². The first kappa shape index (κ1) is 15.4. The zero-order chi connectivity index (χ0) is 13.4. The molecule has 18 heavy (non-hydrogen) atoms. The molecule has 1 aliphatic rings. The standard InChI is InChI=1S/C14H28N2O2/c1-4-16(11-8-14(17)18-5-2)12(3)13-6-9-15-10-7-13/h12-13,15H,4-11H2,1-3H3. The molecule has 0 bridgehead atoms. The van der Waals surface area contributed by atoms with Crippen LogP contribution in [-0.4, -0.2) is 49.7 Å². The smallest absolute Gasteiger partial charge is 0.307 e. The van der Waals surface area contributed by atoms with Gasteiger partial charge in [0.1, 0.15) is 0 Å². The molecule has 1 saturated heterocycles. The molecule has 106 valence electrons. The van der Waals surface area contributed by atoms with Gasteiger partial charge in [0.05, 0.1) is 13.0 Å². The van der Waals surface area contributed by atoms with Gasteiger partial charge in [-0.2, -0.15) is 0 Å². The summed E-state index contributed by atoms with van der Waals surface area (Å²) < 4.78 is 4.99. The van der Waals surface area contributed by atoms with Gasteiger partial charge in [-0.25, -0.2) is 0 Å². The largest absolute Gasteiger partial charge is 0.466 e. The van der Waals surface area contributed by atoms with Crippen LogP contribution in [0.15, 0.2) is 0 Å². The molecule has 0 aromatic carbocycles. The molecular weight excluding hydrogens is 228 g/mol. The summed E-state index contributed by atoms with van der Waals surface area (Å²) in [5.41, 5.74) is 0. The minimum atomic E-state index is -0.0755. The van der Waals surface area contributed by atoms with Crippen molar-refractivity contribution >= 4 is 5.97 Å². The van der Waals surface area contributed by atoms with Gasteiger partial charge in [0.2, 0.25) is 0 Å². The number of piperidine rings is 1. The van der Waals surface area contributed by atoms with E-state index in [9.17, 15) is 4.79 Å². The summed E-state index contributed by atoms with van der Waals surface area (Å²) in [6.45, 7) is 10.9. The summed E-state index contributed by atoms with van der Waals surface area (Å²) in [7, 11) is 0. The molecule has 1 unspecified atom stereocenters. The molecule has 0 radical (unpaired) electrons. The van der Waals surface area contributed by atoms with Crippen molar-refractivity contribution in [2.45, 2.75) is 46.1 Å². The Morgan fingerprint density at radius 1 is 1.39 bits per heavy atom. The first-order valence-electron chi connectivity index (χ1n) is 7.29. The van der Waals surface area contributed by atoms with Crippen LogP contribution in [0.3, 0.4) is 0 Å². The fourth-order valence-corrected chi connectivity index (χ4v) is 2.74. The Morgan fingerprint density at radius 3 is 2.61 bits per heavy atom. The highest BCUT2D eigenvalue weighted by atomic mass is 16.5. The van der Waals surface area contributed by atoms with Crippen molar-refractivity contribution in [1.29, 1.82) is 0 Å². The van der Waals surface area contributed by atoms with Crippen LogP contribution < -0.4 is 5.32 Å². The Kier molecular flexibility index (Phi) is 7.28. The molecule has 1 rings (SSSR count). The number of nitrogens with zero attached hydrogens (tertiary/aromatic N) is 1. The normalized spacial score (nSPS) is 18.9. The molecule has 0 spiro atoms. The highest BCUT2D eigenvalue weighted by molar-refractivity contribution is 5.69. The number of carbonyl (C=O) groups excluding carboxylic acids is 1. The zero-order valence-electron chi connectivity index (χ0n) is 12.1. The van der Waals surface area contributed by atoms with E-state index in [-0.39, 0.29) is 5.97 Å². The van der Waals surface area contributed by atoms with E-state index in [1.54, 1.807) is 0 Å². The molecule has 1 N–H and O–H groups in total. The number of carbonyl (C=O) groups is 1. The van der Waals surface area contributed by atoms with Gasteiger partial charge in [-0.3, -0.25) is 4.79 Å². The number of esters is 1. The predicted molar refractivity (Wildman–Crippen MR) is 73.6 cm³/mol. The molecule has 1 atom stereocenters. The van der Waals surface area contributed by atoms with E-state index in [0.717, 1.165) is 32.1 Å². The minimum Gasteiger partial charge on any atom is -0.466 e. The van der Waals surface area contributed by atoms with E-state index in [1.165, 1.54) is 12.8 Å². The second-order valence-corrected chi connectivity index (χ2v) is 5.01. The number of hydrogen-bond donors (Lipinski definition) is 1. The summed E-state index contributed by atoms with van der Waals surface area (Å²) in [5, 5.41) is 3.40. The van der Waals surface area contributed by atoms with Gasteiger partial charge in [-0.15, -0.1) is 0 Å². The third kappa shape index (κ3) is 4.94. The van der Waals surface area contributed by atoms with Gasteiger partial charge in [-0.1, -0.05) is 6.92 Å². The zero-order valence-corrected chi connectivity index (χ0v) is 12.1. The molecule has 1 heterocycles. The van der Waals surface area contributed by atoms with Gasteiger partial charge >= 0.3 is 5.97 Å². The van der Waals surface area contributed by atoms with E-state index in [4.69, 9.17) is 4.74 Å². The van der Waals surface area contributed by atoms with Crippen molar-refractivity contribution in [1.82, 2.24) is 10.2 Å². The van der Waals surface area contributed by atoms with Crippen LogP contribution in [-0.2, 0) is 9.53 Å². The highest BCUT2D eigenvalue weighted by Gasteiger charge is 2.24. The SMILES string of the molecule is CCOC(=O)CCN(CC)C(C)C1CCNCC1. The molecular formula is C14H28N2O2. The van der Waals surface area contributed by atoms with E-state index in [1.807, 2.05) is 6.92 Å². The third-order valence-corrected chi connectivity index (χ3v) is 3.96. The van der Waals surface area contributed by atoms with Crippen LogP contribution in [0.25, 0.3) is 0 Å². The molecule has 1 aliphatic heterocycles. The lowest BCUT2D eigenvalue weighted by molar-refractivity contribution is -0.143. The average molecular weight is 256 g/mol. The summed E-state index contributed by atoms with van der Waals surface area (Å²) in [6, 6.07) is 0.562. The number of ether oxygens (including phenoxy) is 1. The first-order valence-corrected chi connectivity index (χ1v) is 7.29. The average Bonchev–Trinajstić information content (AvgIpc) is 2.40. The second-order valence-electron chi connectivity index (χ2n) is 5.01. The lowest BCUT2D eigenvalue weighted by atomic mass is 9.90. The molecule has 1 fully saturated rings. The molecule has 0 aliphatic carbocycles. The van der Waals surface area contributed by atoms with Crippen molar-refractivity contribution in [3.05, 3.63) is 0 Å². The molecule has 4 nitrogen and oxygen atoms in total. The predicted octanol–water partition coefficient (Wildman–Crippen LogP) is 1.65. The first-order chi connectivity index (χ1) is 8.69. The summed E-state index contributed by atoms with van der Waals surface area (Å²) in [4.78, 5) is 13.8. The van der Waals surface area contributed by atoms with Gasteiger partial charge < -0.3 is 15.0 Å². The lowest BCUT2D eigenvalue weighted by Gasteiger charge is -2.36. The maximum atomic E-state index is 11.4. The number of rotatable bonds is 7. The van der Waals surface area contributed by atoms with Crippen LogP contribution in [0.5, 0.6) is 0 Å². The molecule has 0 amide bonds. The third-order valence-electron chi connectivity index (χ3n) is 3.96. The van der Waals surface area contributed by atoms with Crippen molar-refractivity contribution in [3.8, 4) is 0 Å². The Balaban J connectivity index is 2.36. The summed E-state index contributed by atoms with van der Waals surface area (Å²) in [6.07, 6.45) is 3.01. The van der Waals surface area contributed by atoms with Gasteiger partial charge in [0.25, 0.3) is 0 Å². The van der Waals surface area contributed by atoms with Crippen molar-refractivity contribution in [2.75, 3.05) is 32.8 Å². The molecule has 0 aromatic rings. The highest BCUT2D eigenvalue weighted by Crippen LogP contribution is 2.20. The van der Waals surface area contributed by atoms with Gasteiger partial charge in [0, 0.05) is 12.6 Å². The number of nitrogens with one attached hydrogen (secondary N) is 1. The van der Waals surface area contributed by atoms with Crippen molar-refractivity contribution < 1.29 is 9.53 Å². The monoisotopic (exact) mass is 256 g/mol. The van der Waals surface area contributed by atoms with E-state index < -0.39 is 0 Å². The maximum absolute atomic E-state index is 11.4. The van der Waals surface area contributed by atoms with Crippen molar-refractivity contribution in [2.24, 2.45) is 5.92 Å². The summed E-state index contributed by atoms with van der Waals surface area (Å²) in [5.74, 6) is 0.682. The fraction of sp³-hybridized carbons (Fsp3) is 0.929. The topological polar surface area (TPSA) is 41.6 Å². The fourth-order valence-electron chi connectivity index (χ4n) is 2.74. The van der Waals surface area contributed by atoms with Crippen LogP contribution in [0.1, 0.15) is 40.0 Å². The quantitative estimate of drug-likeness (QED) is 0.703. The minimum absolute atomic E-state index is 0.0755. The Bertz CT molecular complexity index is 240. The van der Waals surface area contributed by atoms with Crippen LogP contribution in [0.4, 0.5) is 0 Å². The van der Waals surface area contributed by atoms with Gasteiger partial charge in [0.15, 0.2) is 0 Å². The Labute approximate surface area is 111 Å². The summed E-state index contributed by atoms with van der Waals surface area (Å²) >= 11 is 0. The number of hydrogen-bond acceptors (Lipinski definition) is 4. The lowest BCUT2D eigenvalue weighted by Crippen LogP contribution is -2.43.